The van der Waals surface area contributed by atoms with E-state index < -0.39 is 0 Å². The minimum Gasteiger partial charge on any atom is -0.392 e. The summed E-state index contributed by atoms with van der Waals surface area (Å²) in [5.41, 5.74) is 0. The van der Waals surface area contributed by atoms with Gasteiger partial charge in [0.2, 0.25) is 0 Å². The number of alkyl halides is 1. The van der Waals surface area contributed by atoms with Gasteiger partial charge in [-0.2, -0.15) is 0 Å². The maximum absolute atomic E-state index is 9.25. The first-order valence-corrected chi connectivity index (χ1v) is 4.52. The Morgan fingerprint density at radius 2 is 1.91 bits per heavy atom. The molecule has 4 nitrogen and oxygen atoms in total. The van der Waals surface area contributed by atoms with Crippen LogP contribution in [0.5, 0.6) is 0 Å². The smallest absolute Gasteiger partial charge is 0.0666 e. The first-order chi connectivity index (χ1) is 5.11. The Bertz CT molecular complexity index is 133. The van der Waals surface area contributed by atoms with Gasteiger partial charge in [0, 0.05) is 4.83 Å². The molecule has 1 aliphatic carbocycles. The number of aliphatic hydroxyl groups is 1. The molecule has 0 amide bonds. The number of hydrogen-bond acceptors (Lipinski definition) is 4. The second-order valence-corrected chi connectivity index (χ2v) is 4.05. The van der Waals surface area contributed by atoms with Gasteiger partial charge in [0.15, 0.2) is 0 Å². The van der Waals surface area contributed by atoms with Crippen LogP contribution in [0, 0.1) is 0 Å². The van der Waals surface area contributed by atoms with E-state index in [2.05, 4.69) is 15.9 Å². The fourth-order valence-electron chi connectivity index (χ4n) is 1.29. The monoisotopic (exact) mass is 225 g/mol. The van der Waals surface area contributed by atoms with E-state index in [0.717, 1.165) is 0 Å². The Morgan fingerprint density at radius 3 is 2.36 bits per heavy atom. The zero-order valence-electron chi connectivity index (χ0n) is 6.02. The van der Waals surface area contributed by atoms with E-state index in [4.69, 9.17) is 10.4 Å². The minimum absolute atomic E-state index is 0.0250. The fourth-order valence-corrected chi connectivity index (χ4v) is 1.98. The SMILES string of the molecule is OC1CCC(N(O)O)CC1Br. The Balaban J connectivity index is 2.40. The summed E-state index contributed by atoms with van der Waals surface area (Å²) in [6.45, 7) is 0. The molecule has 1 saturated carbocycles. The van der Waals surface area contributed by atoms with Gasteiger partial charge in [0.25, 0.3) is 0 Å². The molecule has 0 aliphatic heterocycles. The molecule has 3 atom stereocenters. The zero-order chi connectivity index (χ0) is 8.43. The lowest BCUT2D eigenvalue weighted by Crippen LogP contribution is -2.40. The third-order valence-corrected chi connectivity index (χ3v) is 3.02. The number of nitrogens with zero attached hydrogens (tertiary/aromatic N) is 1. The molecule has 3 N–H and O–H groups in total. The largest absolute Gasteiger partial charge is 0.392 e. The lowest BCUT2D eigenvalue weighted by molar-refractivity contribution is -0.336. The second-order valence-electron chi connectivity index (χ2n) is 2.87. The van der Waals surface area contributed by atoms with Crippen molar-refractivity contribution in [2.24, 2.45) is 0 Å². The Kier molecular flexibility index (Phi) is 3.27. The summed E-state index contributed by atoms with van der Waals surface area (Å²) < 4.78 is 0. The van der Waals surface area contributed by atoms with Crippen molar-refractivity contribution in [3.8, 4) is 0 Å². The molecule has 0 radical (unpaired) electrons. The molecule has 0 saturated heterocycles. The van der Waals surface area contributed by atoms with Crippen LogP contribution in [0.3, 0.4) is 0 Å². The van der Waals surface area contributed by atoms with Gasteiger partial charge < -0.3 is 5.11 Å². The highest BCUT2D eigenvalue weighted by Crippen LogP contribution is 2.26. The van der Waals surface area contributed by atoms with E-state index in [-0.39, 0.29) is 22.2 Å². The summed E-state index contributed by atoms with van der Waals surface area (Å²) in [4.78, 5) is -0.0250. The van der Waals surface area contributed by atoms with Gasteiger partial charge in [-0.25, -0.2) is 0 Å². The molecule has 0 spiro atoms. The van der Waals surface area contributed by atoms with Crippen molar-refractivity contribution < 1.29 is 15.5 Å². The predicted molar refractivity (Wildman–Crippen MR) is 41.8 cm³/mol. The van der Waals surface area contributed by atoms with Crippen molar-refractivity contribution in [1.29, 1.82) is 0 Å². The van der Waals surface area contributed by atoms with Crippen LogP contribution in [0.15, 0.2) is 0 Å². The molecule has 11 heavy (non-hydrogen) atoms. The highest BCUT2D eigenvalue weighted by molar-refractivity contribution is 9.09. The summed E-state index contributed by atoms with van der Waals surface area (Å²) in [5.74, 6) is 0. The summed E-state index contributed by atoms with van der Waals surface area (Å²) in [6, 6.07) is -0.247. The number of hydrogen-bond donors (Lipinski definition) is 3. The van der Waals surface area contributed by atoms with Gasteiger partial charge in [-0.05, 0) is 19.3 Å². The molecule has 0 aromatic heterocycles. The first-order valence-electron chi connectivity index (χ1n) is 3.60. The van der Waals surface area contributed by atoms with Gasteiger partial charge in [0.05, 0.1) is 12.1 Å². The van der Waals surface area contributed by atoms with E-state index >= 15 is 0 Å². The normalized spacial score (nSPS) is 39.5. The van der Waals surface area contributed by atoms with Crippen LogP contribution >= 0.6 is 15.9 Å². The molecule has 1 aliphatic rings. The Labute approximate surface area is 73.5 Å². The van der Waals surface area contributed by atoms with Crippen LogP contribution in [0.2, 0.25) is 0 Å². The van der Waals surface area contributed by atoms with Crippen LogP contribution in [0.4, 0.5) is 0 Å². The first kappa shape index (κ1) is 9.41. The number of hydroxylamine groups is 2. The van der Waals surface area contributed by atoms with Gasteiger partial charge >= 0.3 is 0 Å². The van der Waals surface area contributed by atoms with Crippen molar-refractivity contribution in [3.63, 3.8) is 0 Å². The zero-order valence-corrected chi connectivity index (χ0v) is 7.61. The topological polar surface area (TPSA) is 63.9 Å². The summed E-state index contributed by atoms with van der Waals surface area (Å²) in [6.07, 6.45) is 1.44. The molecule has 0 heterocycles. The molecule has 3 unspecified atom stereocenters. The summed E-state index contributed by atoms with van der Waals surface area (Å²) >= 11 is 3.26. The Morgan fingerprint density at radius 1 is 1.27 bits per heavy atom. The maximum atomic E-state index is 9.25. The molecular formula is C6H12BrNO3. The third-order valence-electron chi connectivity index (χ3n) is 2.04. The summed E-state index contributed by atoms with van der Waals surface area (Å²) in [5, 5.41) is 26.8. The highest BCUT2D eigenvalue weighted by atomic mass is 79.9. The van der Waals surface area contributed by atoms with Crippen LogP contribution in [-0.2, 0) is 0 Å². The molecule has 0 aromatic carbocycles. The molecule has 5 heteroatoms. The molecule has 1 fully saturated rings. The standard InChI is InChI=1S/C6H12BrNO3/c7-5-3-4(8(10)11)1-2-6(5)9/h4-6,9-11H,1-3H2. The van der Waals surface area contributed by atoms with E-state index in [1.807, 2.05) is 0 Å². The third kappa shape index (κ3) is 2.38. The van der Waals surface area contributed by atoms with Crippen molar-refractivity contribution in [2.75, 3.05) is 0 Å². The minimum atomic E-state index is -0.355. The van der Waals surface area contributed by atoms with Crippen LogP contribution < -0.4 is 0 Å². The van der Waals surface area contributed by atoms with Crippen molar-refractivity contribution in [1.82, 2.24) is 5.23 Å². The molecule has 0 aromatic rings. The molecule has 1 rings (SSSR count). The molecule has 66 valence electrons. The van der Waals surface area contributed by atoms with Crippen LogP contribution in [-0.4, -0.2) is 37.7 Å². The highest BCUT2D eigenvalue weighted by Gasteiger charge is 2.29. The lowest BCUT2D eigenvalue weighted by atomic mass is 9.93. The average Bonchev–Trinajstić information content (AvgIpc) is 1.94. The van der Waals surface area contributed by atoms with Gasteiger partial charge in [0.1, 0.15) is 0 Å². The lowest BCUT2D eigenvalue weighted by Gasteiger charge is -2.31. The number of rotatable bonds is 1. The van der Waals surface area contributed by atoms with E-state index in [1.165, 1.54) is 0 Å². The van der Waals surface area contributed by atoms with Crippen LogP contribution in [0.25, 0.3) is 0 Å². The van der Waals surface area contributed by atoms with E-state index in [1.54, 1.807) is 0 Å². The summed E-state index contributed by atoms with van der Waals surface area (Å²) in [7, 11) is 0. The number of aliphatic hydroxyl groups excluding tert-OH is 1. The predicted octanol–water partition coefficient (Wildman–Crippen LogP) is 0.744. The number of halogens is 1. The fraction of sp³-hybridized carbons (Fsp3) is 1.00. The molecular weight excluding hydrogens is 214 g/mol. The van der Waals surface area contributed by atoms with Crippen molar-refractivity contribution in [3.05, 3.63) is 0 Å². The van der Waals surface area contributed by atoms with Gasteiger partial charge in [-0.15, -0.1) is 0 Å². The van der Waals surface area contributed by atoms with Gasteiger partial charge in [-0.3, -0.25) is 10.4 Å². The van der Waals surface area contributed by atoms with Crippen LogP contribution in [0.1, 0.15) is 19.3 Å². The van der Waals surface area contributed by atoms with E-state index in [9.17, 15) is 5.11 Å². The van der Waals surface area contributed by atoms with Gasteiger partial charge in [-0.1, -0.05) is 21.2 Å². The molecule has 0 bridgehead atoms. The Hall–Kier alpha value is 0.320. The second kappa shape index (κ2) is 3.82. The average molecular weight is 226 g/mol. The quantitative estimate of drug-likeness (QED) is 0.456. The van der Waals surface area contributed by atoms with E-state index in [0.29, 0.717) is 19.3 Å². The van der Waals surface area contributed by atoms with Crippen molar-refractivity contribution >= 4 is 15.9 Å². The maximum Gasteiger partial charge on any atom is 0.0666 e. The van der Waals surface area contributed by atoms with Crippen molar-refractivity contribution in [2.45, 2.75) is 36.2 Å².